The lowest BCUT2D eigenvalue weighted by molar-refractivity contribution is 0.441. The monoisotopic (exact) mass is 437 g/mol. The maximum atomic E-state index is 12.2. The first-order chi connectivity index (χ1) is 8.27. The number of thiophene rings is 1. The molecule has 18 heavy (non-hydrogen) atoms. The molecule has 0 fully saturated rings. The van der Waals surface area contributed by atoms with E-state index in [1.807, 2.05) is 13.8 Å². The Balaban J connectivity index is 2.93. The van der Waals surface area contributed by atoms with E-state index in [0.717, 1.165) is 23.1 Å². The lowest BCUT2D eigenvalue weighted by Crippen LogP contribution is -2.38. The Kier molecular flexibility index (Phi) is 6.61. The Hall–Kier alpha value is 0.860. The fourth-order valence-electron chi connectivity index (χ4n) is 1.36. The summed E-state index contributed by atoms with van der Waals surface area (Å²) in [6, 6.07) is 1.37. The Morgan fingerprint density at radius 2 is 2.11 bits per heavy atom. The summed E-state index contributed by atoms with van der Waals surface area (Å²) in [4.78, 5) is 0. The molecule has 0 saturated carbocycles. The zero-order valence-electron chi connectivity index (χ0n) is 9.91. The number of hydrogen-bond donors (Lipinski definition) is 1. The second kappa shape index (κ2) is 7.04. The quantitative estimate of drug-likeness (QED) is 0.674. The predicted molar refractivity (Wildman–Crippen MR) is 84.4 cm³/mol. The third kappa shape index (κ3) is 4.45. The lowest BCUT2D eigenvalue weighted by atomic mass is 10.0. The first-order valence-electron chi connectivity index (χ1n) is 5.31. The Morgan fingerprint density at radius 3 is 2.50 bits per heavy atom. The van der Waals surface area contributed by atoms with E-state index in [9.17, 15) is 8.42 Å². The van der Waals surface area contributed by atoms with E-state index < -0.39 is 10.0 Å². The van der Waals surface area contributed by atoms with Gasteiger partial charge >= 0.3 is 0 Å². The molecule has 1 rings (SSSR count). The fourth-order valence-corrected chi connectivity index (χ4v) is 5.69. The average Bonchev–Trinajstić information content (AvgIpc) is 2.59. The van der Waals surface area contributed by atoms with Gasteiger partial charge in [0.2, 0.25) is 10.0 Å². The molecule has 0 aliphatic heterocycles. The first-order valence-corrected chi connectivity index (χ1v) is 9.90. The smallest absolute Gasteiger partial charge is 0.207 e. The van der Waals surface area contributed by atoms with Crippen LogP contribution in [0.4, 0.5) is 0 Å². The highest BCUT2D eigenvalue weighted by Gasteiger charge is 2.24. The van der Waals surface area contributed by atoms with Crippen molar-refractivity contribution in [1.82, 2.24) is 4.72 Å². The summed E-state index contributed by atoms with van der Waals surface area (Å²) in [6.45, 7) is 3.99. The normalized spacial score (nSPS) is 14.1. The van der Waals surface area contributed by atoms with E-state index >= 15 is 0 Å². The van der Waals surface area contributed by atoms with E-state index in [0.29, 0.717) is 8.81 Å². The topological polar surface area (TPSA) is 46.2 Å². The number of halogens is 3. The number of rotatable bonds is 6. The van der Waals surface area contributed by atoms with Crippen molar-refractivity contribution in [2.45, 2.75) is 30.5 Å². The van der Waals surface area contributed by atoms with Gasteiger partial charge in [-0.15, -0.1) is 11.3 Å². The minimum Gasteiger partial charge on any atom is -0.207 e. The van der Waals surface area contributed by atoms with E-state index in [-0.39, 0.29) is 16.2 Å². The van der Waals surface area contributed by atoms with Crippen molar-refractivity contribution in [3.05, 3.63) is 14.9 Å². The van der Waals surface area contributed by atoms with Gasteiger partial charge in [-0.2, -0.15) is 0 Å². The van der Waals surface area contributed by atoms with Crippen LogP contribution in [0.3, 0.4) is 0 Å². The van der Waals surface area contributed by atoms with Gasteiger partial charge in [0, 0.05) is 11.4 Å². The van der Waals surface area contributed by atoms with Crippen molar-refractivity contribution in [2.24, 2.45) is 5.92 Å². The molecule has 1 N–H and O–H groups in total. The first kappa shape index (κ1) is 16.9. The van der Waals surface area contributed by atoms with Gasteiger partial charge in [-0.1, -0.05) is 41.4 Å². The molecule has 0 aliphatic carbocycles. The van der Waals surface area contributed by atoms with Crippen LogP contribution in [0, 0.1) is 5.92 Å². The molecular weight excluding hydrogens is 426 g/mol. The van der Waals surface area contributed by atoms with Crippen molar-refractivity contribution in [2.75, 3.05) is 5.33 Å². The number of alkyl halides is 1. The third-order valence-electron chi connectivity index (χ3n) is 2.42. The zero-order chi connectivity index (χ0) is 13.9. The molecule has 1 unspecified atom stereocenters. The molecule has 0 radical (unpaired) electrons. The van der Waals surface area contributed by atoms with Gasteiger partial charge in [-0.05, 0) is 34.3 Å². The van der Waals surface area contributed by atoms with Crippen LogP contribution >= 0.6 is 54.8 Å². The van der Waals surface area contributed by atoms with E-state index in [1.165, 1.54) is 6.07 Å². The molecule has 1 aromatic heterocycles. The molecule has 104 valence electrons. The molecular formula is C10H14Br2ClNO2S2. The van der Waals surface area contributed by atoms with Crippen LogP contribution < -0.4 is 4.72 Å². The van der Waals surface area contributed by atoms with Crippen LogP contribution in [-0.4, -0.2) is 19.8 Å². The van der Waals surface area contributed by atoms with Gasteiger partial charge in [0.25, 0.3) is 0 Å². The van der Waals surface area contributed by atoms with Crippen molar-refractivity contribution < 1.29 is 8.42 Å². The Morgan fingerprint density at radius 1 is 1.50 bits per heavy atom. The molecule has 0 saturated heterocycles. The van der Waals surface area contributed by atoms with Gasteiger partial charge in [0.05, 0.1) is 8.81 Å². The highest BCUT2D eigenvalue weighted by Crippen LogP contribution is 2.34. The molecule has 1 aromatic rings. The molecule has 0 bridgehead atoms. The van der Waals surface area contributed by atoms with Crippen molar-refractivity contribution in [1.29, 1.82) is 0 Å². The summed E-state index contributed by atoms with van der Waals surface area (Å²) < 4.78 is 28.0. The molecule has 0 aromatic carbocycles. The van der Waals surface area contributed by atoms with Crippen LogP contribution in [-0.2, 0) is 10.0 Å². The van der Waals surface area contributed by atoms with Crippen LogP contribution in [0.25, 0.3) is 0 Å². The highest BCUT2D eigenvalue weighted by atomic mass is 79.9. The molecule has 0 spiro atoms. The third-order valence-corrected chi connectivity index (χ3v) is 7.31. The van der Waals surface area contributed by atoms with Crippen LogP contribution in [0.2, 0.25) is 5.02 Å². The van der Waals surface area contributed by atoms with Gasteiger partial charge in [0.1, 0.15) is 4.21 Å². The van der Waals surface area contributed by atoms with Gasteiger partial charge < -0.3 is 0 Å². The molecule has 3 nitrogen and oxygen atoms in total. The van der Waals surface area contributed by atoms with Gasteiger partial charge in [-0.25, -0.2) is 13.1 Å². The molecule has 8 heteroatoms. The fraction of sp³-hybridized carbons (Fsp3) is 0.600. The molecule has 0 aliphatic rings. The maximum absolute atomic E-state index is 12.2. The summed E-state index contributed by atoms with van der Waals surface area (Å²) in [5.41, 5.74) is 0. The average molecular weight is 440 g/mol. The van der Waals surface area contributed by atoms with Crippen LogP contribution in [0.1, 0.15) is 20.3 Å². The number of nitrogens with one attached hydrogen (secondary N) is 1. The van der Waals surface area contributed by atoms with Crippen LogP contribution in [0.5, 0.6) is 0 Å². The standard InChI is InChI=1S/C10H14Br2ClNO2S2/c1-6(2)8(3-4-11)14-18(15,16)9-5-7(13)10(12)17-9/h5-6,8,14H,3-4H2,1-2H3. The van der Waals surface area contributed by atoms with E-state index in [1.54, 1.807) is 0 Å². The minimum atomic E-state index is -3.50. The lowest BCUT2D eigenvalue weighted by Gasteiger charge is -2.20. The summed E-state index contributed by atoms with van der Waals surface area (Å²) >= 11 is 13.5. The predicted octanol–water partition coefficient (Wildman–Crippen LogP) is 4.25. The molecule has 0 amide bonds. The minimum absolute atomic E-state index is 0.0889. The number of hydrogen-bond acceptors (Lipinski definition) is 3. The van der Waals surface area contributed by atoms with E-state index in [4.69, 9.17) is 11.6 Å². The van der Waals surface area contributed by atoms with Crippen molar-refractivity contribution in [3.63, 3.8) is 0 Å². The SMILES string of the molecule is CC(C)C(CCBr)NS(=O)(=O)c1cc(Cl)c(Br)s1. The molecule has 1 heterocycles. The summed E-state index contributed by atoms with van der Waals surface area (Å²) in [6.07, 6.45) is 0.747. The molecule has 1 atom stereocenters. The summed E-state index contributed by atoms with van der Waals surface area (Å²) in [7, 11) is -3.50. The Bertz CT molecular complexity index is 482. The Labute approximate surface area is 134 Å². The largest absolute Gasteiger partial charge is 0.250 e. The second-order valence-corrected chi connectivity index (χ2v) is 9.65. The summed E-state index contributed by atoms with van der Waals surface area (Å²) in [5.74, 6) is 0.233. The van der Waals surface area contributed by atoms with Crippen molar-refractivity contribution >= 4 is 64.8 Å². The number of sulfonamides is 1. The highest BCUT2D eigenvalue weighted by molar-refractivity contribution is 9.11. The van der Waals surface area contributed by atoms with E-state index in [2.05, 4.69) is 36.6 Å². The maximum Gasteiger partial charge on any atom is 0.250 e. The van der Waals surface area contributed by atoms with Crippen molar-refractivity contribution in [3.8, 4) is 0 Å². The zero-order valence-corrected chi connectivity index (χ0v) is 15.5. The van der Waals surface area contributed by atoms with Gasteiger partial charge in [-0.3, -0.25) is 0 Å². The van der Waals surface area contributed by atoms with Crippen LogP contribution in [0.15, 0.2) is 14.1 Å². The second-order valence-electron chi connectivity index (χ2n) is 4.14. The van der Waals surface area contributed by atoms with Gasteiger partial charge in [0.15, 0.2) is 0 Å². The summed E-state index contributed by atoms with van der Waals surface area (Å²) in [5, 5.41) is 1.18.